The minimum absolute atomic E-state index is 0.0647. The molecule has 0 spiro atoms. The summed E-state index contributed by atoms with van der Waals surface area (Å²) < 4.78 is 43.3. The van der Waals surface area contributed by atoms with Crippen molar-refractivity contribution in [3.8, 4) is 12.5 Å². The van der Waals surface area contributed by atoms with E-state index in [2.05, 4.69) is 35.2 Å². The summed E-state index contributed by atoms with van der Waals surface area (Å²) in [6, 6.07) is 9.23. The SMILES string of the molecule is C#CO.CC1COCCC1(C)c1cc([B]OC(C)(C)C(C)(C)O)c[nH]c1=O.FC(F)c1nc(N2CCCC2)c2oc3ccccc3c2n1. The van der Waals surface area contributed by atoms with Crippen LogP contribution in [0.5, 0.6) is 0 Å². The molecular formula is C35H44BF2N4O6. The van der Waals surface area contributed by atoms with E-state index in [-0.39, 0.29) is 16.9 Å². The average molecular weight is 666 g/mol. The van der Waals surface area contributed by atoms with Crippen LogP contribution >= 0.6 is 0 Å². The van der Waals surface area contributed by atoms with Gasteiger partial charge in [0.1, 0.15) is 17.2 Å². The van der Waals surface area contributed by atoms with Crippen LogP contribution in [0, 0.1) is 18.4 Å². The minimum atomic E-state index is -2.69. The van der Waals surface area contributed by atoms with Crippen molar-refractivity contribution in [2.45, 2.75) is 83.8 Å². The first kappa shape index (κ1) is 36.8. The fourth-order valence-corrected chi connectivity index (χ4v) is 5.56. The van der Waals surface area contributed by atoms with Crippen molar-refractivity contribution < 1.29 is 32.8 Å². The van der Waals surface area contributed by atoms with E-state index < -0.39 is 23.5 Å². The van der Waals surface area contributed by atoms with Gasteiger partial charge in [-0.3, -0.25) is 4.79 Å². The van der Waals surface area contributed by atoms with Crippen LogP contribution in [0.1, 0.15) is 78.6 Å². The number of benzene rings is 1. The third kappa shape index (κ3) is 8.00. The highest BCUT2D eigenvalue weighted by molar-refractivity contribution is 6.46. The molecule has 3 N–H and O–H groups in total. The largest absolute Gasteiger partial charge is 0.462 e. The van der Waals surface area contributed by atoms with Gasteiger partial charge in [0.2, 0.25) is 0 Å². The first-order chi connectivity index (χ1) is 22.6. The average Bonchev–Trinajstić information content (AvgIpc) is 3.70. The molecule has 2 unspecified atom stereocenters. The molecule has 2 fully saturated rings. The van der Waals surface area contributed by atoms with Crippen molar-refractivity contribution in [3.05, 3.63) is 58.3 Å². The number of rotatable bonds is 7. The zero-order valence-electron chi connectivity index (χ0n) is 28.3. The van der Waals surface area contributed by atoms with Crippen LogP contribution in [-0.4, -0.2) is 70.2 Å². The number of para-hydroxylation sites is 1. The molecule has 257 valence electrons. The molecule has 0 bridgehead atoms. The quantitative estimate of drug-likeness (QED) is 0.176. The fraction of sp³-hybridized carbons (Fsp3) is 0.514. The van der Waals surface area contributed by atoms with Crippen LogP contribution in [0.2, 0.25) is 0 Å². The van der Waals surface area contributed by atoms with Gasteiger partial charge in [0, 0.05) is 48.9 Å². The highest BCUT2D eigenvalue weighted by Gasteiger charge is 2.39. The number of fused-ring (bicyclic) bond motifs is 3. The monoisotopic (exact) mass is 665 g/mol. The molecule has 0 saturated carbocycles. The summed E-state index contributed by atoms with van der Waals surface area (Å²) in [6.07, 6.45) is 7.24. The molecule has 1 aromatic carbocycles. The maximum absolute atomic E-state index is 13.1. The number of anilines is 1. The third-order valence-electron chi connectivity index (χ3n) is 9.55. The zero-order chi connectivity index (χ0) is 35.3. The summed E-state index contributed by atoms with van der Waals surface area (Å²) in [5.74, 6) is 0.316. The van der Waals surface area contributed by atoms with E-state index in [1.54, 1.807) is 27.5 Å². The van der Waals surface area contributed by atoms with Gasteiger partial charge in [0.05, 0.1) is 11.2 Å². The third-order valence-corrected chi connectivity index (χ3v) is 9.55. The van der Waals surface area contributed by atoms with Crippen molar-refractivity contribution in [2.75, 3.05) is 31.2 Å². The lowest BCUT2D eigenvalue weighted by atomic mass is 9.69. The first-order valence-corrected chi connectivity index (χ1v) is 16.0. The maximum Gasteiger partial charge on any atom is 0.332 e. The van der Waals surface area contributed by atoms with Crippen LogP contribution in [-0.2, 0) is 14.8 Å². The second-order valence-electron chi connectivity index (χ2n) is 13.4. The van der Waals surface area contributed by atoms with Gasteiger partial charge in [-0.05, 0) is 70.5 Å². The molecule has 2 atom stereocenters. The lowest BCUT2D eigenvalue weighted by Gasteiger charge is -2.39. The van der Waals surface area contributed by atoms with Gasteiger partial charge in [0.15, 0.2) is 17.2 Å². The topological polar surface area (TPSA) is 134 Å². The number of hydrogen-bond acceptors (Lipinski definition) is 9. The Labute approximate surface area is 280 Å². The van der Waals surface area contributed by atoms with Crippen molar-refractivity contribution in [1.29, 1.82) is 0 Å². The zero-order valence-corrected chi connectivity index (χ0v) is 28.3. The maximum atomic E-state index is 13.1. The molecule has 0 aliphatic carbocycles. The van der Waals surface area contributed by atoms with E-state index in [4.69, 9.17) is 18.9 Å². The van der Waals surface area contributed by atoms with Crippen molar-refractivity contribution in [3.63, 3.8) is 0 Å². The molecule has 2 aliphatic rings. The van der Waals surface area contributed by atoms with E-state index in [0.717, 1.165) is 48.8 Å². The number of nitrogens with one attached hydrogen (secondary N) is 1. The smallest absolute Gasteiger partial charge is 0.332 e. The molecule has 1 radical (unpaired) electrons. The van der Waals surface area contributed by atoms with Crippen LogP contribution in [0.25, 0.3) is 22.1 Å². The number of terminal acetylenes is 1. The second kappa shape index (κ2) is 15.1. The molecule has 4 aromatic rings. The molecule has 0 amide bonds. The number of pyridine rings is 1. The van der Waals surface area contributed by atoms with Gasteiger partial charge in [0.25, 0.3) is 12.0 Å². The Morgan fingerprint density at radius 1 is 1.21 bits per heavy atom. The predicted octanol–water partition coefficient (Wildman–Crippen LogP) is 5.36. The molecular weight excluding hydrogens is 621 g/mol. The summed E-state index contributed by atoms with van der Waals surface area (Å²) in [6.45, 7) is 14.3. The Bertz CT molecular complexity index is 1790. The van der Waals surface area contributed by atoms with Gasteiger partial charge >= 0.3 is 7.48 Å². The van der Waals surface area contributed by atoms with E-state index in [1.165, 1.54) is 6.11 Å². The van der Waals surface area contributed by atoms with Gasteiger partial charge in [-0.2, -0.15) is 0 Å². The molecule has 48 heavy (non-hydrogen) atoms. The number of furan rings is 1. The van der Waals surface area contributed by atoms with Crippen molar-refractivity contribution >= 4 is 40.8 Å². The Morgan fingerprint density at radius 2 is 1.88 bits per heavy atom. The normalized spacial score (nSPS) is 19.8. The Hall–Kier alpha value is -3.99. The molecule has 13 heteroatoms. The van der Waals surface area contributed by atoms with E-state index in [0.29, 0.717) is 35.7 Å². The second-order valence-corrected chi connectivity index (χ2v) is 13.4. The van der Waals surface area contributed by atoms with Crippen LogP contribution in [0.3, 0.4) is 0 Å². The number of hydrogen-bond donors (Lipinski definition) is 3. The van der Waals surface area contributed by atoms with Gasteiger partial charge in [-0.25, -0.2) is 18.7 Å². The summed E-state index contributed by atoms with van der Waals surface area (Å²) >= 11 is 0. The van der Waals surface area contributed by atoms with Crippen LogP contribution in [0.15, 0.2) is 45.7 Å². The van der Waals surface area contributed by atoms with Gasteiger partial charge < -0.3 is 33.9 Å². The van der Waals surface area contributed by atoms with E-state index in [9.17, 15) is 18.7 Å². The highest BCUT2D eigenvalue weighted by atomic mass is 19.3. The molecule has 2 saturated heterocycles. The molecule has 10 nitrogen and oxygen atoms in total. The number of alkyl halides is 2. The van der Waals surface area contributed by atoms with Gasteiger partial charge in [-0.15, -0.1) is 0 Å². The van der Waals surface area contributed by atoms with E-state index in [1.807, 2.05) is 49.1 Å². The van der Waals surface area contributed by atoms with Crippen molar-refractivity contribution in [2.24, 2.45) is 5.92 Å². The Balaban J connectivity index is 0.000000201. The summed E-state index contributed by atoms with van der Waals surface area (Å²) in [5, 5.41) is 18.0. The fourth-order valence-electron chi connectivity index (χ4n) is 5.56. The summed E-state index contributed by atoms with van der Waals surface area (Å²) in [7, 11) is 1.60. The first-order valence-electron chi connectivity index (χ1n) is 16.0. The summed E-state index contributed by atoms with van der Waals surface area (Å²) in [5.41, 5.74) is 1.13. The number of aliphatic hydroxyl groups excluding tert-OH is 1. The number of aromatic nitrogens is 3. The number of halogens is 2. The lowest BCUT2D eigenvalue weighted by molar-refractivity contribution is -0.0893. The van der Waals surface area contributed by atoms with Crippen molar-refractivity contribution in [1.82, 2.24) is 15.0 Å². The molecule has 3 aromatic heterocycles. The Morgan fingerprint density at radius 3 is 2.50 bits per heavy atom. The number of aliphatic hydroxyl groups is 2. The standard InChI is InChI=1S/C18H29BNO4.C15H13F2N3O.C2H2O/c1-12-11-23-8-7-18(12,6)14-9-13(10-20-15(14)21)19-24-17(4,5)16(2,3)22;16-13(17)14-18-11-9-5-1-2-6-10(9)21-12(11)15(19-14)20-7-3-4-8-20;1-2-3/h9-10,12,22H,7-8,11H2,1-6H3,(H,20,21);1-2,5-6,13H,3-4,7-8H2;1,3H. The number of aromatic amines is 1. The summed E-state index contributed by atoms with van der Waals surface area (Å²) in [4.78, 5) is 25.3. The number of H-pyrrole nitrogens is 1. The van der Waals surface area contributed by atoms with Crippen LogP contribution in [0.4, 0.5) is 14.6 Å². The molecule has 2 aliphatic heterocycles. The molecule has 5 heterocycles. The van der Waals surface area contributed by atoms with Gasteiger partial charge in [-0.1, -0.05) is 38.5 Å². The number of nitrogens with zero attached hydrogens (tertiary/aromatic N) is 3. The van der Waals surface area contributed by atoms with E-state index >= 15 is 0 Å². The highest BCUT2D eigenvalue weighted by Crippen LogP contribution is 2.37. The molecule has 6 rings (SSSR count). The van der Waals surface area contributed by atoms with Crippen LogP contribution < -0.4 is 15.9 Å². The minimum Gasteiger partial charge on any atom is -0.462 e. The Kier molecular flexibility index (Phi) is 11.6. The predicted molar refractivity (Wildman–Crippen MR) is 182 cm³/mol. The lowest BCUT2D eigenvalue weighted by Crippen LogP contribution is -2.49. The number of ether oxygens (including phenoxy) is 1.